The number of tetrazole rings is 1. The largest absolute Gasteiger partial charge is 0.478 e. The Labute approximate surface area is 173 Å². The number of ether oxygens (including phenoxy) is 1. The second-order valence-electron chi connectivity index (χ2n) is 7.95. The lowest BCUT2D eigenvalue weighted by molar-refractivity contribution is -0.120. The minimum Gasteiger partial charge on any atom is -0.478 e. The smallest absolute Gasteiger partial charge is 0.335 e. The Morgan fingerprint density at radius 1 is 1.20 bits per heavy atom. The number of rotatable bonds is 6. The van der Waals surface area contributed by atoms with Gasteiger partial charge in [-0.25, -0.2) is 4.79 Å². The van der Waals surface area contributed by atoms with E-state index in [4.69, 9.17) is 4.74 Å². The van der Waals surface area contributed by atoms with E-state index in [0.717, 1.165) is 22.3 Å². The van der Waals surface area contributed by atoms with Gasteiger partial charge in [0.15, 0.2) is 5.82 Å². The van der Waals surface area contributed by atoms with Crippen LogP contribution in [0.2, 0.25) is 0 Å². The van der Waals surface area contributed by atoms with Gasteiger partial charge in [-0.1, -0.05) is 31.2 Å². The average molecular weight is 406 g/mol. The highest BCUT2D eigenvalue weighted by Crippen LogP contribution is 2.48. The number of hydrogen-bond donors (Lipinski definition) is 2. The molecule has 0 saturated heterocycles. The number of hydrogen-bond acceptors (Lipinski definition) is 6. The number of benzene rings is 2. The molecule has 8 nitrogen and oxygen atoms in total. The van der Waals surface area contributed by atoms with Crippen LogP contribution in [0.5, 0.6) is 5.75 Å². The van der Waals surface area contributed by atoms with Gasteiger partial charge in [-0.15, -0.1) is 10.2 Å². The molecule has 0 saturated carbocycles. The molecule has 1 aliphatic rings. The number of carboxylic acids is 1. The van der Waals surface area contributed by atoms with Crippen LogP contribution in [0.1, 0.15) is 58.7 Å². The SMILES string of the molecule is CC(C)CC1(c2nn[nH]n2)c2ccc(OC=O)cc2CCc2cc(C(=O)O)ccc21. The normalized spacial score (nSPS) is 17.7. The fourth-order valence-corrected chi connectivity index (χ4v) is 4.59. The molecule has 1 atom stereocenters. The summed E-state index contributed by atoms with van der Waals surface area (Å²) in [7, 11) is 0. The standard InChI is InChI=1S/C22H22N4O4/c1-13(2)11-22(21-23-25-26-24-21)18-7-5-16(20(28)29)9-14(18)3-4-15-10-17(30-12-27)6-8-19(15)22/h5-10,12-13H,3-4,11H2,1-2H3,(H,28,29)(H,23,24,25,26). The van der Waals surface area contributed by atoms with Gasteiger partial charge in [-0.3, -0.25) is 4.79 Å². The Balaban J connectivity index is 2.04. The van der Waals surface area contributed by atoms with Crippen LogP contribution in [0.3, 0.4) is 0 Å². The number of nitrogens with zero attached hydrogens (tertiary/aromatic N) is 3. The van der Waals surface area contributed by atoms with E-state index in [1.807, 2.05) is 18.2 Å². The summed E-state index contributed by atoms with van der Waals surface area (Å²) in [4.78, 5) is 22.4. The summed E-state index contributed by atoms with van der Waals surface area (Å²) in [6.45, 7) is 4.66. The van der Waals surface area contributed by atoms with Gasteiger partial charge in [0.2, 0.25) is 0 Å². The monoisotopic (exact) mass is 406 g/mol. The number of aromatic carboxylic acids is 1. The van der Waals surface area contributed by atoms with Crippen LogP contribution in [0.15, 0.2) is 36.4 Å². The van der Waals surface area contributed by atoms with E-state index in [0.29, 0.717) is 37.3 Å². The van der Waals surface area contributed by atoms with Crippen molar-refractivity contribution >= 4 is 12.4 Å². The number of aromatic amines is 1. The third kappa shape index (κ3) is 3.24. The zero-order valence-corrected chi connectivity index (χ0v) is 16.8. The summed E-state index contributed by atoms with van der Waals surface area (Å²) in [5.41, 5.74) is 3.47. The van der Waals surface area contributed by atoms with Crippen LogP contribution in [-0.2, 0) is 23.1 Å². The van der Waals surface area contributed by atoms with Crippen molar-refractivity contribution in [3.63, 3.8) is 0 Å². The predicted molar refractivity (Wildman–Crippen MR) is 107 cm³/mol. The minimum absolute atomic E-state index is 0.247. The lowest BCUT2D eigenvalue weighted by Crippen LogP contribution is -2.34. The zero-order valence-electron chi connectivity index (χ0n) is 16.8. The second kappa shape index (κ2) is 7.70. The van der Waals surface area contributed by atoms with Gasteiger partial charge in [0.05, 0.1) is 11.0 Å². The number of carboxylic acid groups (broad SMARTS) is 1. The quantitative estimate of drug-likeness (QED) is 0.604. The summed E-state index contributed by atoms with van der Waals surface area (Å²) in [6, 6.07) is 10.8. The van der Waals surface area contributed by atoms with Crippen LogP contribution in [-0.4, -0.2) is 38.2 Å². The third-order valence-corrected chi connectivity index (χ3v) is 5.64. The van der Waals surface area contributed by atoms with E-state index in [1.54, 1.807) is 18.2 Å². The van der Waals surface area contributed by atoms with Crippen molar-refractivity contribution in [3.8, 4) is 5.75 Å². The van der Waals surface area contributed by atoms with E-state index in [1.165, 1.54) is 0 Å². The maximum Gasteiger partial charge on any atom is 0.335 e. The lowest BCUT2D eigenvalue weighted by atomic mass is 9.67. The molecule has 0 spiro atoms. The molecule has 3 aromatic rings. The predicted octanol–water partition coefficient (Wildman–Crippen LogP) is 2.91. The van der Waals surface area contributed by atoms with Crippen molar-refractivity contribution in [2.75, 3.05) is 0 Å². The van der Waals surface area contributed by atoms with Crippen molar-refractivity contribution in [3.05, 3.63) is 70.0 Å². The molecule has 2 aromatic carbocycles. The van der Waals surface area contributed by atoms with Crippen molar-refractivity contribution < 1.29 is 19.4 Å². The summed E-state index contributed by atoms with van der Waals surface area (Å²) in [5, 5.41) is 24.6. The highest BCUT2D eigenvalue weighted by Gasteiger charge is 2.45. The van der Waals surface area contributed by atoms with Gasteiger partial charge < -0.3 is 9.84 Å². The number of nitrogens with one attached hydrogen (secondary N) is 1. The molecule has 30 heavy (non-hydrogen) atoms. The molecular weight excluding hydrogens is 384 g/mol. The molecule has 0 fully saturated rings. The van der Waals surface area contributed by atoms with Crippen molar-refractivity contribution in [1.82, 2.24) is 20.6 Å². The highest BCUT2D eigenvalue weighted by molar-refractivity contribution is 5.88. The summed E-state index contributed by atoms with van der Waals surface area (Å²) in [6.07, 6.45) is 2.01. The van der Waals surface area contributed by atoms with E-state index in [-0.39, 0.29) is 11.5 Å². The molecule has 0 radical (unpaired) electrons. The Morgan fingerprint density at radius 3 is 2.50 bits per heavy atom. The van der Waals surface area contributed by atoms with Gasteiger partial charge in [-0.05, 0) is 71.7 Å². The molecule has 2 N–H and O–H groups in total. The van der Waals surface area contributed by atoms with Crippen LogP contribution in [0.4, 0.5) is 0 Å². The van der Waals surface area contributed by atoms with E-state index in [2.05, 4.69) is 34.5 Å². The fraction of sp³-hybridized carbons (Fsp3) is 0.318. The molecule has 154 valence electrons. The van der Waals surface area contributed by atoms with Crippen LogP contribution in [0, 0.1) is 5.92 Å². The third-order valence-electron chi connectivity index (χ3n) is 5.64. The second-order valence-corrected chi connectivity index (χ2v) is 7.95. The number of fused-ring (bicyclic) bond motifs is 2. The number of aromatic nitrogens is 4. The summed E-state index contributed by atoms with van der Waals surface area (Å²) in [5.74, 6) is 0.322. The first-order valence-corrected chi connectivity index (χ1v) is 9.80. The van der Waals surface area contributed by atoms with Gasteiger partial charge in [0, 0.05) is 0 Å². The topological polar surface area (TPSA) is 118 Å². The first-order valence-electron chi connectivity index (χ1n) is 9.80. The van der Waals surface area contributed by atoms with E-state index in [9.17, 15) is 14.7 Å². The van der Waals surface area contributed by atoms with Crippen molar-refractivity contribution in [2.24, 2.45) is 5.92 Å². The van der Waals surface area contributed by atoms with Crippen LogP contribution < -0.4 is 4.74 Å². The van der Waals surface area contributed by atoms with Crippen LogP contribution >= 0.6 is 0 Å². The van der Waals surface area contributed by atoms with Gasteiger partial charge in [-0.2, -0.15) is 5.21 Å². The minimum atomic E-state index is -0.963. The first kappa shape index (κ1) is 19.8. The van der Waals surface area contributed by atoms with Crippen molar-refractivity contribution in [2.45, 2.75) is 38.5 Å². The number of carbonyl (C=O) groups excluding carboxylic acids is 1. The fourth-order valence-electron chi connectivity index (χ4n) is 4.59. The zero-order chi connectivity index (χ0) is 21.3. The molecule has 4 rings (SSSR count). The van der Waals surface area contributed by atoms with E-state index < -0.39 is 11.4 Å². The maximum atomic E-state index is 11.6. The number of aryl methyl sites for hydroxylation is 2. The van der Waals surface area contributed by atoms with E-state index >= 15 is 0 Å². The molecule has 8 heteroatoms. The van der Waals surface area contributed by atoms with Crippen molar-refractivity contribution in [1.29, 1.82) is 0 Å². The van der Waals surface area contributed by atoms with Crippen LogP contribution in [0.25, 0.3) is 0 Å². The Hall–Kier alpha value is -3.55. The summed E-state index contributed by atoms with van der Waals surface area (Å²) < 4.78 is 5.07. The number of H-pyrrole nitrogens is 1. The molecule has 0 amide bonds. The Kier molecular flexibility index (Phi) is 5.07. The van der Waals surface area contributed by atoms with Gasteiger partial charge >= 0.3 is 5.97 Å². The molecule has 1 aliphatic carbocycles. The summed E-state index contributed by atoms with van der Waals surface area (Å²) >= 11 is 0. The molecule has 0 bridgehead atoms. The molecule has 1 aromatic heterocycles. The average Bonchev–Trinajstić information content (AvgIpc) is 3.22. The first-order chi connectivity index (χ1) is 14.5. The molecule has 1 unspecified atom stereocenters. The Bertz CT molecular complexity index is 1090. The molecule has 1 heterocycles. The molecule has 0 aliphatic heterocycles. The van der Waals surface area contributed by atoms with Gasteiger partial charge in [0.25, 0.3) is 6.47 Å². The lowest BCUT2D eigenvalue weighted by Gasteiger charge is -2.35. The maximum absolute atomic E-state index is 11.6. The van der Waals surface area contributed by atoms with Gasteiger partial charge in [0.1, 0.15) is 5.75 Å². The highest BCUT2D eigenvalue weighted by atomic mass is 16.5. The number of carbonyl (C=O) groups is 2. The molecular formula is C22H22N4O4. The Morgan fingerprint density at radius 2 is 1.90 bits per heavy atom.